The Balaban J connectivity index is 1.55. The summed E-state index contributed by atoms with van der Waals surface area (Å²) in [5.41, 5.74) is 0. The lowest BCUT2D eigenvalue weighted by Crippen LogP contribution is -2.32. The van der Waals surface area contributed by atoms with E-state index in [0.717, 1.165) is 38.2 Å². The van der Waals surface area contributed by atoms with Crippen LogP contribution >= 0.6 is 0 Å². The largest absolute Gasteiger partial charge is 0.365 e. The molecule has 2 heterocycles. The van der Waals surface area contributed by atoms with Gasteiger partial charge in [0.05, 0.1) is 0 Å². The van der Waals surface area contributed by atoms with Gasteiger partial charge in [0, 0.05) is 31.2 Å². The van der Waals surface area contributed by atoms with E-state index >= 15 is 0 Å². The summed E-state index contributed by atoms with van der Waals surface area (Å²) in [5.74, 6) is 1.59. The van der Waals surface area contributed by atoms with Crippen LogP contribution in [0.4, 0.5) is 5.82 Å². The molecule has 2 aliphatic rings. The number of amides is 1. The van der Waals surface area contributed by atoms with E-state index in [2.05, 4.69) is 10.3 Å². The number of pyridine rings is 1. The van der Waals surface area contributed by atoms with Gasteiger partial charge in [-0.3, -0.25) is 4.79 Å². The molecule has 1 aliphatic carbocycles. The number of hydrogen-bond donors (Lipinski definition) is 1. The fourth-order valence-electron chi connectivity index (χ4n) is 2.32. The standard InChI is InChI=1S/C13H17N3O/c17-13(10-4-5-10)16-8-6-11(9-16)15-12-3-1-2-7-14-12/h1-3,7,10-11H,4-6,8-9H2,(H,14,15)/t11-/m1/s1. The minimum Gasteiger partial charge on any atom is -0.365 e. The predicted octanol–water partition coefficient (Wildman–Crippen LogP) is 1.50. The maximum atomic E-state index is 11.9. The minimum absolute atomic E-state index is 0.337. The van der Waals surface area contributed by atoms with Crippen LogP contribution in [0.1, 0.15) is 19.3 Å². The van der Waals surface area contributed by atoms with Crippen molar-refractivity contribution in [2.45, 2.75) is 25.3 Å². The molecule has 0 bridgehead atoms. The number of carbonyl (C=O) groups is 1. The number of hydrogen-bond acceptors (Lipinski definition) is 3. The molecule has 0 aromatic carbocycles. The molecule has 0 spiro atoms. The molecule has 1 saturated carbocycles. The summed E-state index contributed by atoms with van der Waals surface area (Å²) >= 11 is 0. The number of nitrogens with zero attached hydrogens (tertiary/aromatic N) is 2. The summed E-state index contributed by atoms with van der Waals surface area (Å²) < 4.78 is 0. The van der Waals surface area contributed by atoms with Gasteiger partial charge < -0.3 is 10.2 Å². The van der Waals surface area contributed by atoms with E-state index in [9.17, 15) is 4.79 Å². The molecular formula is C13H17N3O. The molecule has 1 N–H and O–H groups in total. The molecule has 0 radical (unpaired) electrons. The van der Waals surface area contributed by atoms with Crippen LogP contribution in [-0.4, -0.2) is 34.9 Å². The van der Waals surface area contributed by atoms with Crippen molar-refractivity contribution in [2.75, 3.05) is 18.4 Å². The van der Waals surface area contributed by atoms with Crippen molar-refractivity contribution in [1.82, 2.24) is 9.88 Å². The van der Waals surface area contributed by atoms with Gasteiger partial charge >= 0.3 is 0 Å². The molecule has 4 nitrogen and oxygen atoms in total. The lowest BCUT2D eigenvalue weighted by molar-refractivity contribution is -0.131. The predicted molar refractivity (Wildman–Crippen MR) is 65.6 cm³/mol. The number of rotatable bonds is 3. The summed E-state index contributed by atoms with van der Waals surface area (Å²) in [6, 6.07) is 6.19. The Morgan fingerprint density at radius 3 is 2.94 bits per heavy atom. The van der Waals surface area contributed by atoms with Gasteiger partial charge in [-0.25, -0.2) is 4.98 Å². The van der Waals surface area contributed by atoms with Crippen molar-refractivity contribution >= 4 is 11.7 Å². The molecule has 3 rings (SSSR count). The number of nitrogens with one attached hydrogen (secondary N) is 1. The Bertz CT molecular complexity index is 402. The van der Waals surface area contributed by atoms with Crippen molar-refractivity contribution in [2.24, 2.45) is 5.92 Å². The zero-order valence-corrected chi connectivity index (χ0v) is 9.80. The van der Waals surface area contributed by atoms with Gasteiger partial charge in [-0.15, -0.1) is 0 Å². The summed E-state index contributed by atoms with van der Waals surface area (Å²) in [6.45, 7) is 1.71. The van der Waals surface area contributed by atoms with Crippen LogP contribution in [0, 0.1) is 5.92 Å². The molecule has 1 aliphatic heterocycles. The summed E-state index contributed by atoms with van der Waals surface area (Å²) in [6.07, 6.45) is 4.99. The van der Waals surface area contributed by atoms with Gasteiger partial charge in [-0.2, -0.15) is 0 Å². The quantitative estimate of drug-likeness (QED) is 0.857. The molecular weight excluding hydrogens is 214 g/mol. The van der Waals surface area contributed by atoms with Gasteiger partial charge in [0.25, 0.3) is 0 Å². The maximum absolute atomic E-state index is 11.9. The second-order valence-electron chi connectivity index (χ2n) is 4.90. The third-order valence-electron chi connectivity index (χ3n) is 3.44. The number of likely N-dealkylation sites (tertiary alicyclic amines) is 1. The highest BCUT2D eigenvalue weighted by atomic mass is 16.2. The second-order valence-corrected chi connectivity index (χ2v) is 4.90. The van der Waals surface area contributed by atoms with Crippen LogP contribution in [0.25, 0.3) is 0 Å². The molecule has 1 aromatic heterocycles. The van der Waals surface area contributed by atoms with Crippen LogP contribution < -0.4 is 5.32 Å². The van der Waals surface area contributed by atoms with Crippen LogP contribution in [0.3, 0.4) is 0 Å². The maximum Gasteiger partial charge on any atom is 0.225 e. The lowest BCUT2D eigenvalue weighted by Gasteiger charge is -2.17. The average Bonchev–Trinajstić information content (AvgIpc) is 3.11. The Morgan fingerprint density at radius 2 is 2.24 bits per heavy atom. The highest BCUT2D eigenvalue weighted by molar-refractivity contribution is 5.81. The molecule has 17 heavy (non-hydrogen) atoms. The second kappa shape index (κ2) is 4.35. The summed E-state index contributed by atoms with van der Waals surface area (Å²) in [7, 11) is 0. The first kappa shape index (κ1) is 10.6. The summed E-state index contributed by atoms with van der Waals surface area (Å²) in [5, 5.41) is 3.38. The Morgan fingerprint density at radius 1 is 1.35 bits per heavy atom. The van der Waals surface area contributed by atoms with Gasteiger partial charge in [-0.05, 0) is 31.4 Å². The van der Waals surface area contributed by atoms with E-state index in [-0.39, 0.29) is 0 Å². The van der Waals surface area contributed by atoms with Gasteiger partial charge in [0.2, 0.25) is 5.91 Å². The first-order valence-electron chi connectivity index (χ1n) is 6.29. The van der Waals surface area contributed by atoms with Crippen LogP contribution in [0.2, 0.25) is 0 Å². The molecule has 1 saturated heterocycles. The van der Waals surface area contributed by atoms with Gasteiger partial charge in [0.15, 0.2) is 0 Å². The number of aromatic nitrogens is 1. The monoisotopic (exact) mass is 231 g/mol. The zero-order valence-electron chi connectivity index (χ0n) is 9.80. The SMILES string of the molecule is O=C(C1CC1)N1CC[C@@H](Nc2ccccn2)C1. The van der Waals surface area contributed by atoms with Crippen molar-refractivity contribution in [3.05, 3.63) is 24.4 Å². The third-order valence-corrected chi connectivity index (χ3v) is 3.44. The molecule has 1 aromatic rings. The molecule has 0 unspecified atom stereocenters. The first-order valence-corrected chi connectivity index (χ1v) is 6.29. The minimum atomic E-state index is 0.337. The zero-order chi connectivity index (χ0) is 11.7. The highest BCUT2D eigenvalue weighted by Gasteiger charge is 2.36. The van der Waals surface area contributed by atoms with E-state index in [0.29, 0.717) is 17.9 Å². The smallest absolute Gasteiger partial charge is 0.225 e. The lowest BCUT2D eigenvalue weighted by atomic mass is 10.2. The van der Waals surface area contributed by atoms with Gasteiger partial charge in [-0.1, -0.05) is 6.07 Å². The van der Waals surface area contributed by atoms with E-state index in [1.54, 1.807) is 6.20 Å². The van der Waals surface area contributed by atoms with Gasteiger partial charge in [0.1, 0.15) is 5.82 Å². The van der Waals surface area contributed by atoms with E-state index in [1.165, 1.54) is 0 Å². The van der Waals surface area contributed by atoms with Crippen molar-refractivity contribution < 1.29 is 4.79 Å². The fourth-order valence-corrected chi connectivity index (χ4v) is 2.32. The van der Waals surface area contributed by atoms with E-state index in [4.69, 9.17) is 0 Å². The first-order chi connectivity index (χ1) is 8.33. The van der Waals surface area contributed by atoms with Crippen molar-refractivity contribution in [1.29, 1.82) is 0 Å². The number of carbonyl (C=O) groups excluding carboxylic acids is 1. The van der Waals surface area contributed by atoms with Crippen LogP contribution in [0.15, 0.2) is 24.4 Å². The molecule has 2 fully saturated rings. The van der Waals surface area contributed by atoms with Crippen molar-refractivity contribution in [3.63, 3.8) is 0 Å². The molecule has 1 atom stereocenters. The van der Waals surface area contributed by atoms with E-state index in [1.807, 2.05) is 23.1 Å². The molecule has 90 valence electrons. The summed E-state index contributed by atoms with van der Waals surface area (Å²) in [4.78, 5) is 18.1. The topological polar surface area (TPSA) is 45.2 Å². The number of anilines is 1. The van der Waals surface area contributed by atoms with Crippen LogP contribution in [-0.2, 0) is 4.79 Å². The van der Waals surface area contributed by atoms with Crippen molar-refractivity contribution in [3.8, 4) is 0 Å². The fraction of sp³-hybridized carbons (Fsp3) is 0.538. The Labute approximate surface area is 101 Å². The normalized spacial score (nSPS) is 23.8. The van der Waals surface area contributed by atoms with E-state index < -0.39 is 0 Å². The van der Waals surface area contributed by atoms with Crippen LogP contribution in [0.5, 0.6) is 0 Å². The highest BCUT2D eigenvalue weighted by Crippen LogP contribution is 2.32. The average molecular weight is 231 g/mol. The molecule has 1 amide bonds. The Kier molecular flexibility index (Phi) is 2.71. The third kappa shape index (κ3) is 2.40. The molecule has 4 heteroatoms. The Hall–Kier alpha value is -1.58.